The Morgan fingerprint density at radius 1 is 1.13 bits per heavy atom. The zero-order valence-electron chi connectivity index (χ0n) is 8.57. The van der Waals surface area contributed by atoms with Gasteiger partial charge < -0.3 is 0 Å². The third-order valence-electron chi connectivity index (χ3n) is 2.27. The van der Waals surface area contributed by atoms with Crippen LogP contribution in [0, 0.1) is 12.7 Å². The number of nitrogens with zero attached hydrogens (tertiary/aromatic N) is 1. The van der Waals surface area contributed by atoms with Crippen LogP contribution in [-0.4, -0.2) is 4.98 Å². The van der Waals surface area contributed by atoms with E-state index in [1.165, 1.54) is 6.07 Å². The van der Waals surface area contributed by atoms with Gasteiger partial charge in [-0.25, -0.2) is 4.39 Å². The van der Waals surface area contributed by atoms with Crippen molar-refractivity contribution >= 4 is 0 Å². The molecule has 0 aliphatic heterocycles. The highest BCUT2D eigenvalue weighted by Gasteiger charge is 1.98. The molecule has 0 unspecified atom stereocenters. The summed E-state index contributed by atoms with van der Waals surface area (Å²) in [6.07, 6.45) is 2.56. The van der Waals surface area contributed by atoms with Crippen molar-refractivity contribution in [2.75, 3.05) is 0 Å². The van der Waals surface area contributed by atoms with Crippen LogP contribution in [0.5, 0.6) is 0 Å². The molecule has 2 rings (SSSR count). The Kier molecular flexibility index (Phi) is 2.77. The molecule has 0 saturated carbocycles. The van der Waals surface area contributed by atoms with Crippen molar-refractivity contribution in [2.24, 2.45) is 0 Å². The van der Waals surface area contributed by atoms with Crippen molar-refractivity contribution in [3.05, 3.63) is 65.2 Å². The summed E-state index contributed by atoms with van der Waals surface area (Å²) in [4.78, 5) is 4.20. The molecule has 76 valence electrons. The second-order valence-corrected chi connectivity index (χ2v) is 3.61. The maximum absolute atomic E-state index is 12.9. The zero-order chi connectivity index (χ0) is 10.7. The lowest BCUT2D eigenvalue weighted by molar-refractivity contribution is 0.626. The second kappa shape index (κ2) is 4.22. The average Bonchev–Trinajstić information content (AvgIpc) is 2.22. The number of benzene rings is 1. The molecule has 1 aromatic carbocycles. The molecular weight excluding hydrogens is 189 g/mol. The van der Waals surface area contributed by atoms with Gasteiger partial charge in [0, 0.05) is 11.9 Å². The van der Waals surface area contributed by atoms with Crippen LogP contribution in [0.15, 0.2) is 42.6 Å². The van der Waals surface area contributed by atoms with Crippen LogP contribution < -0.4 is 0 Å². The molecule has 0 saturated heterocycles. The van der Waals surface area contributed by atoms with E-state index < -0.39 is 0 Å². The van der Waals surface area contributed by atoms with Gasteiger partial charge in [-0.2, -0.15) is 0 Å². The number of hydrogen-bond acceptors (Lipinski definition) is 1. The minimum Gasteiger partial charge on any atom is -0.261 e. The Morgan fingerprint density at radius 2 is 2.00 bits per heavy atom. The van der Waals surface area contributed by atoms with E-state index in [2.05, 4.69) is 4.98 Å². The van der Waals surface area contributed by atoms with Crippen molar-refractivity contribution in [3.8, 4) is 0 Å². The van der Waals surface area contributed by atoms with Gasteiger partial charge in [0.05, 0.1) is 0 Å². The van der Waals surface area contributed by atoms with E-state index in [9.17, 15) is 4.39 Å². The third-order valence-corrected chi connectivity index (χ3v) is 2.27. The van der Waals surface area contributed by atoms with E-state index in [1.807, 2.05) is 31.3 Å². The molecule has 0 aliphatic carbocycles. The minimum absolute atomic E-state index is 0.187. The fourth-order valence-corrected chi connectivity index (χ4v) is 1.49. The number of aryl methyl sites for hydroxylation is 1. The third kappa shape index (κ3) is 2.62. The Hall–Kier alpha value is -1.70. The topological polar surface area (TPSA) is 12.9 Å². The molecule has 0 bridgehead atoms. The fraction of sp³-hybridized carbons (Fsp3) is 0.154. The number of pyridine rings is 1. The van der Waals surface area contributed by atoms with E-state index in [4.69, 9.17) is 0 Å². The first-order valence-electron chi connectivity index (χ1n) is 4.90. The van der Waals surface area contributed by atoms with E-state index in [-0.39, 0.29) is 5.82 Å². The van der Waals surface area contributed by atoms with Gasteiger partial charge in [-0.3, -0.25) is 4.98 Å². The summed E-state index contributed by atoms with van der Waals surface area (Å²) in [5.74, 6) is -0.187. The lowest BCUT2D eigenvalue weighted by atomic mass is 10.1. The van der Waals surface area contributed by atoms with Crippen LogP contribution in [-0.2, 0) is 6.42 Å². The predicted octanol–water partition coefficient (Wildman–Crippen LogP) is 3.12. The SMILES string of the molecule is Cc1ccc(Cc2cccc(F)c2)cn1. The number of rotatable bonds is 2. The maximum atomic E-state index is 12.9. The molecule has 0 amide bonds. The van der Waals surface area contributed by atoms with E-state index in [1.54, 1.807) is 12.1 Å². The Balaban J connectivity index is 2.18. The summed E-state index contributed by atoms with van der Waals surface area (Å²) in [7, 11) is 0. The van der Waals surface area contributed by atoms with Crippen LogP contribution in [0.2, 0.25) is 0 Å². The molecule has 0 fully saturated rings. The van der Waals surface area contributed by atoms with E-state index >= 15 is 0 Å². The summed E-state index contributed by atoms with van der Waals surface area (Å²) in [5, 5.41) is 0. The van der Waals surface area contributed by atoms with Crippen LogP contribution >= 0.6 is 0 Å². The van der Waals surface area contributed by atoms with Crippen molar-refractivity contribution in [2.45, 2.75) is 13.3 Å². The first-order chi connectivity index (χ1) is 7.24. The van der Waals surface area contributed by atoms with E-state index in [0.29, 0.717) is 0 Å². The van der Waals surface area contributed by atoms with Crippen LogP contribution in [0.3, 0.4) is 0 Å². The Bertz CT molecular complexity index is 448. The number of hydrogen-bond donors (Lipinski definition) is 0. The van der Waals surface area contributed by atoms with Gasteiger partial charge in [0.1, 0.15) is 5.82 Å². The minimum atomic E-state index is -0.187. The van der Waals surface area contributed by atoms with E-state index in [0.717, 1.165) is 23.2 Å². The summed E-state index contributed by atoms with van der Waals surface area (Å²) in [6.45, 7) is 1.95. The normalized spacial score (nSPS) is 10.3. The zero-order valence-corrected chi connectivity index (χ0v) is 8.57. The monoisotopic (exact) mass is 201 g/mol. The Labute approximate surface area is 88.6 Å². The summed E-state index contributed by atoms with van der Waals surface area (Å²) < 4.78 is 12.9. The van der Waals surface area contributed by atoms with Gasteiger partial charge in [0.15, 0.2) is 0 Å². The lowest BCUT2D eigenvalue weighted by Gasteiger charge is -2.01. The molecular formula is C13H12FN. The van der Waals surface area contributed by atoms with Crippen molar-refractivity contribution < 1.29 is 4.39 Å². The van der Waals surface area contributed by atoms with Crippen LogP contribution in [0.1, 0.15) is 16.8 Å². The Morgan fingerprint density at radius 3 is 2.67 bits per heavy atom. The molecule has 0 N–H and O–H groups in total. The van der Waals surface area contributed by atoms with Gasteiger partial charge >= 0.3 is 0 Å². The average molecular weight is 201 g/mol. The highest BCUT2D eigenvalue weighted by Crippen LogP contribution is 2.10. The highest BCUT2D eigenvalue weighted by molar-refractivity contribution is 5.25. The molecule has 1 aromatic heterocycles. The van der Waals surface area contributed by atoms with Gasteiger partial charge in [0.25, 0.3) is 0 Å². The van der Waals surface area contributed by atoms with Gasteiger partial charge in [0.2, 0.25) is 0 Å². The first-order valence-corrected chi connectivity index (χ1v) is 4.90. The molecule has 2 aromatic rings. The van der Waals surface area contributed by atoms with Crippen molar-refractivity contribution in [3.63, 3.8) is 0 Å². The number of aromatic nitrogens is 1. The molecule has 15 heavy (non-hydrogen) atoms. The molecule has 0 aliphatic rings. The first kappa shape index (κ1) is 9.84. The summed E-state index contributed by atoms with van der Waals surface area (Å²) >= 11 is 0. The quantitative estimate of drug-likeness (QED) is 0.727. The molecule has 1 heterocycles. The molecule has 0 spiro atoms. The van der Waals surface area contributed by atoms with Crippen LogP contribution in [0.25, 0.3) is 0 Å². The lowest BCUT2D eigenvalue weighted by Crippen LogP contribution is -1.90. The van der Waals surface area contributed by atoms with Crippen molar-refractivity contribution in [1.29, 1.82) is 0 Å². The summed E-state index contributed by atoms with van der Waals surface area (Å²) in [5.41, 5.74) is 3.07. The van der Waals surface area contributed by atoms with Gasteiger partial charge in [-0.05, 0) is 42.7 Å². The predicted molar refractivity (Wildman–Crippen MR) is 58.2 cm³/mol. The maximum Gasteiger partial charge on any atom is 0.123 e. The molecule has 1 nitrogen and oxygen atoms in total. The van der Waals surface area contributed by atoms with Gasteiger partial charge in [-0.1, -0.05) is 18.2 Å². The number of halogens is 1. The molecule has 2 heteroatoms. The fourth-order valence-electron chi connectivity index (χ4n) is 1.49. The molecule has 0 atom stereocenters. The largest absolute Gasteiger partial charge is 0.261 e. The smallest absolute Gasteiger partial charge is 0.123 e. The standard InChI is InChI=1S/C13H12FN/c1-10-5-6-12(9-15-10)7-11-3-2-4-13(14)8-11/h2-6,8-9H,7H2,1H3. The molecule has 0 radical (unpaired) electrons. The van der Waals surface area contributed by atoms with Crippen LogP contribution in [0.4, 0.5) is 4.39 Å². The summed E-state index contributed by atoms with van der Waals surface area (Å²) in [6, 6.07) is 10.6. The second-order valence-electron chi connectivity index (χ2n) is 3.61. The van der Waals surface area contributed by atoms with Gasteiger partial charge in [-0.15, -0.1) is 0 Å². The highest BCUT2D eigenvalue weighted by atomic mass is 19.1. The van der Waals surface area contributed by atoms with Crippen molar-refractivity contribution in [1.82, 2.24) is 4.98 Å².